The van der Waals surface area contributed by atoms with Gasteiger partial charge in [-0.2, -0.15) is 0 Å². The van der Waals surface area contributed by atoms with Crippen molar-refractivity contribution in [2.24, 2.45) is 0 Å². The lowest BCUT2D eigenvalue weighted by Gasteiger charge is -1.93. The second kappa shape index (κ2) is 5.27. The van der Waals surface area contributed by atoms with Crippen molar-refractivity contribution < 1.29 is 0 Å². The number of allylic oxidation sites excluding steroid dienone is 1. The van der Waals surface area contributed by atoms with E-state index in [4.69, 9.17) is 11.6 Å². The van der Waals surface area contributed by atoms with Gasteiger partial charge < -0.3 is 0 Å². The molecule has 0 radical (unpaired) electrons. The fourth-order valence-corrected chi connectivity index (χ4v) is 1.13. The summed E-state index contributed by atoms with van der Waals surface area (Å²) in [6.07, 6.45) is 8.05. The van der Waals surface area contributed by atoms with Gasteiger partial charge in [-0.3, -0.25) is 0 Å². The summed E-state index contributed by atoms with van der Waals surface area (Å²) in [5, 5.41) is 1.45. The van der Waals surface area contributed by atoms with Crippen LogP contribution in [0.25, 0.3) is 6.08 Å². The molecule has 1 heterocycles. The summed E-state index contributed by atoms with van der Waals surface area (Å²) in [4.78, 5) is 7.71. The highest BCUT2D eigenvalue weighted by molar-refractivity contribution is 9.09. The van der Waals surface area contributed by atoms with Gasteiger partial charge >= 0.3 is 0 Å². The zero-order chi connectivity index (χ0) is 8.81. The van der Waals surface area contributed by atoms with Crippen LogP contribution in [0.1, 0.15) is 12.0 Å². The van der Waals surface area contributed by atoms with Crippen molar-refractivity contribution in [1.82, 2.24) is 9.97 Å². The minimum Gasteiger partial charge on any atom is -0.244 e. The molecule has 0 aliphatic rings. The Balaban J connectivity index is 2.68. The number of hydrogen-bond acceptors (Lipinski definition) is 2. The molecule has 0 saturated carbocycles. The van der Waals surface area contributed by atoms with Crippen molar-refractivity contribution in [2.45, 2.75) is 6.42 Å². The zero-order valence-electron chi connectivity index (χ0n) is 6.37. The van der Waals surface area contributed by atoms with Crippen molar-refractivity contribution in [3.05, 3.63) is 29.3 Å². The molecule has 0 amide bonds. The first kappa shape index (κ1) is 9.68. The van der Waals surface area contributed by atoms with E-state index >= 15 is 0 Å². The van der Waals surface area contributed by atoms with Crippen LogP contribution in [0.2, 0.25) is 5.15 Å². The lowest BCUT2D eigenvalue weighted by atomic mass is 10.3. The molecule has 0 unspecified atom stereocenters. The lowest BCUT2D eigenvalue weighted by Crippen LogP contribution is -1.82. The molecule has 1 rings (SSSR count). The van der Waals surface area contributed by atoms with Crippen LogP contribution in [0.3, 0.4) is 0 Å². The number of nitrogens with zero attached hydrogens (tertiary/aromatic N) is 2. The van der Waals surface area contributed by atoms with Gasteiger partial charge in [-0.25, -0.2) is 9.97 Å². The third kappa shape index (κ3) is 2.91. The Bertz CT molecular complexity index is 276. The third-order valence-electron chi connectivity index (χ3n) is 1.26. The Morgan fingerprint density at radius 3 is 3.08 bits per heavy atom. The van der Waals surface area contributed by atoms with Gasteiger partial charge in [0.15, 0.2) is 0 Å². The summed E-state index contributed by atoms with van der Waals surface area (Å²) in [6.45, 7) is 0. The molecule has 0 aliphatic carbocycles. The quantitative estimate of drug-likeness (QED) is 0.606. The molecule has 0 atom stereocenters. The SMILES string of the molecule is Clc1ncncc1C=CCCBr. The summed E-state index contributed by atoms with van der Waals surface area (Å²) < 4.78 is 0. The number of rotatable bonds is 3. The van der Waals surface area contributed by atoms with E-state index in [2.05, 4.69) is 25.9 Å². The first-order chi connectivity index (χ1) is 5.84. The standard InChI is InChI=1S/C8H8BrClN2/c9-4-2-1-3-7-5-11-6-12-8(7)10/h1,3,5-6H,2,4H2. The highest BCUT2D eigenvalue weighted by atomic mass is 79.9. The molecular formula is C8H8BrClN2. The fraction of sp³-hybridized carbons (Fsp3) is 0.250. The van der Waals surface area contributed by atoms with Crippen molar-refractivity contribution in [3.63, 3.8) is 0 Å². The van der Waals surface area contributed by atoms with Gasteiger partial charge in [-0.15, -0.1) is 0 Å². The summed E-state index contributed by atoms with van der Waals surface area (Å²) in [5.41, 5.74) is 0.861. The van der Waals surface area contributed by atoms with Gasteiger partial charge in [-0.05, 0) is 6.42 Å². The third-order valence-corrected chi connectivity index (χ3v) is 2.04. The van der Waals surface area contributed by atoms with Crippen molar-refractivity contribution in [2.75, 3.05) is 5.33 Å². The van der Waals surface area contributed by atoms with E-state index in [1.165, 1.54) is 6.33 Å². The monoisotopic (exact) mass is 246 g/mol. The minimum absolute atomic E-state index is 0.496. The van der Waals surface area contributed by atoms with Gasteiger partial charge in [0.2, 0.25) is 0 Å². The van der Waals surface area contributed by atoms with Gasteiger partial charge in [0, 0.05) is 17.1 Å². The van der Waals surface area contributed by atoms with Gasteiger partial charge in [0.1, 0.15) is 11.5 Å². The minimum atomic E-state index is 0.496. The van der Waals surface area contributed by atoms with E-state index in [1.54, 1.807) is 6.20 Å². The Morgan fingerprint density at radius 2 is 2.42 bits per heavy atom. The number of alkyl halides is 1. The smallest absolute Gasteiger partial charge is 0.139 e. The molecule has 0 saturated heterocycles. The van der Waals surface area contributed by atoms with E-state index in [9.17, 15) is 0 Å². The van der Waals surface area contributed by atoms with Gasteiger partial charge in [0.25, 0.3) is 0 Å². The Kier molecular flexibility index (Phi) is 4.25. The van der Waals surface area contributed by atoms with Gasteiger partial charge in [0.05, 0.1) is 0 Å². The predicted molar refractivity (Wildman–Crippen MR) is 54.5 cm³/mol. The maximum Gasteiger partial charge on any atom is 0.139 e. The Labute approximate surface area is 84.8 Å². The Morgan fingerprint density at radius 1 is 1.58 bits per heavy atom. The van der Waals surface area contributed by atoms with Crippen molar-refractivity contribution in [1.29, 1.82) is 0 Å². The molecule has 0 bridgehead atoms. The molecule has 2 nitrogen and oxygen atoms in total. The van der Waals surface area contributed by atoms with Crippen LogP contribution in [0.4, 0.5) is 0 Å². The van der Waals surface area contributed by atoms with E-state index < -0.39 is 0 Å². The van der Waals surface area contributed by atoms with Crippen LogP contribution >= 0.6 is 27.5 Å². The Hall–Kier alpha value is -0.410. The predicted octanol–water partition coefficient (Wildman–Crippen LogP) is 2.93. The van der Waals surface area contributed by atoms with Crippen LogP contribution in [0.5, 0.6) is 0 Å². The summed E-state index contributed by atoms with van der Waals surface area (Å²) in [6, 6.07) is 0. The van der Waals surface area contributed by atoms with E-state index in [-0.39, 0.29) is 0 Å². The first-order valence-corrected chi connectivity index (χ1v) is 5.02. The lowest BCUT2D eigenvalue weighted by molar-refractivity contribution is 1.16. The molecule has 4 heteroatoms. The number of aromatic nitrogens is 2. The highest BCUT2D eigenvalue weighted by Crippen LogP contribution is 2.11. The van der Waals surface area contributed by atoms with Crippen LogP contribution in [0, 0.1) is 0 Å². The highest BCUT2D eigenvalue weighted by Gasteiger charge is 1.94. The normalized spacial score (nSPS) is 10.8. The summed E-state index contributed by atoms with van der Waals surface area (Å²) in [5.74, 6) is 0. The molecule has 1 aromatic rings. The van der Waals surface area contributed by atoms with E-state index in [0.29, 0.717) is 5.15 Å². The molecule has 0 spiro atoms. The number of halogens is 2. The van der Waals surface area contributed by atoms with Crippen LogP contribution in [-0.2, 0) is 0 Å². The zero-order valence-corrected chi connectivity index (χ0v) is 8.72. The maximum absolute atomic E-state index is 5.79. The summed E-state index contributed by atoms with van der Waals surface area (Å²) >= 11 is 9.12. The van der Waals surface area contributed by atoms with Gasteiger partial charge in [-0.1, -0.05) is 39.7 Å². The van der Waals surface area contributed by atoms with E-state index in [1.807, 2.05) is 12.2 Å². The second-order valence-corrected chi connectivity index (χ2v) is 3.30. The molecule has 0 N–H and O–H groups in total. The van der Waals surface area contributed by atoms with Crippen molar-refractivity contribution >= 4 is 33.6 Å². The molecule has 64 valence electrons. The van der Waals surface area contributed by atoms with Crippen LogP contribution < -0.4 is 0 Å². The molecule has 0 aromatic carbocycles. The second-order valence-electron chi connectivity index (χ2n) is 2.15. The molecule has 0 aliphatic heterocycles. The topological polar surface area (TPSA) is 25.8 Å². The largest absolute Gasteiger partial charge is 0.244 e. The fourth-order valence-electron chi connectivity index (χ4n) is 0.711. The molecule has 0 fully saturated rings. The molecule has 12 heavy (non-hydrogen) atoms. The first-order valence-electron chi connectivity index (χ1n) is 3.52. The maximum atomic E-state index is 5.79. The van der Waals surface area contributed by atoms with Crippen molar-refractivity contribution in [3.8, 4) is 0 Å². The average molecular weight is 248 g/mol. The molecular weight excluding hydrogens is 239 g/mol. The number of hydrogen-bond donors (Lipinski definition) is 0. The summed E-state index contributed by atoms with van der Waals surface area (Å²) in [7, 11) is 0. The molecule has 1 aromatic heterocycles. The van der Waals surface area contributed by atoms with Crippen LogP contribution in [-0.4, -0.2) is 15.3 Å². The van der Waals surface area contributed by atoms with E-state index in [0.717, 1.165) is 17.3 Å². The van der Waals surface area contributed by atoms with Crippen LogP contribution in [0.15, 0.2) is 18.6 Å². The average Bonchev–Trinajstić information content (AvgIpc) is 2.09.